The Bertz CT molecular complexity index is 1200. The van der Waals surface area contributed by atoms with E-state index in [0.717, 1.165) is 16.8 Å². The zero-order valence-corrected chi connectivity index (χ0v) is 19.3. The summed E-state index contributed by atoms with van der Waals surface area (Å²) in [5.41, 5.74) is 3.16. The average Bonchev–Trinajstić information content (AvgIpc) is 3.41. The molecular formula is C26H24N2O4S. The van der Waals surface area contributed by atoms with E-state index in [1.807, 2.05) is 48.5 Å². The molecule has 0 radical (unpaired) electrons. The van der Waals surface area contributed by atoms with Gasteiger partial charge in [-0.2, -0.15) is 0 Å². The lowest BCUT2D eigenvalue weighted by Gasteiger charge is -2.33. The van der Waals surface area contributed by atoms with Gasteiger partial charge in [-0.1, -0.05) is 30.3 Å². The van der Waals surface area contributed by atoms with Gasteiger partial charge in [-0.15, -0.1) is 11.8 Å². The number of amides is 2. The number of anilines is 1. The fourth-order valence-corrected chi connectivity index (χ4v) is 5.99. The minimum Gasteiger partial charge on any atom is -0.497 e. The van der Waals surface area contributed by atoms with Crippen molar-refractivity contribution in [1.82, 2.24) is 4.90 Å². The van der Waals surface area contributed by atoms with Crippen LogP contribution in [-0.2, 0) is 16.2 Å². The molecule has 1 fully saturated rings. The van der Waals surface area contributed by atoms with E-state index in [1.54, 1.807) is 48.3 Å². The van der Waals surface area contributed by atoms with E-state index < -0.39 is 4.87 Å². The number of carbonyl (C=O) groups excluding carboxylic acids is 2. The quantitative estimate of drug-likeness (QED) is 0.569. The van der Waals surface area contributed by atoms with E-state index in [2.05, 4.69) is 0 Å². The number of fused-ring (bicyclic) bond motifs is 2. The van der Waals surface area contributed by atoms with E-state index in [0.29, 0.717) is 35.9 Å². The highest BCUT2D eigenvalue weighted by Gasteiger charge is 2.59. The maximum Gasteiger partial charge on any atom is 0.268 e. The second-order valence-corrected chi connectivity index (χ2v) is 9.23. The first-order valence-corrected chi connectivity index (χ1v) is 11.7. The molecule has 2 amide bonds. The van der Waals surface area contributed by atoms with Gasteiger partial charge in [-0.3, -0.25) is 9.59 Å². The third-order valence-corrected chi connectivity index (χ3v) is 7.59. The van der Waals surface area contributed by atoms with E-state index in [4.69, 9.17) is 9.47 Å². The van der Waals surface area contributed by atoms with E-state index in [1.165, 1.54) is 11.8 Å². The van der Waals surface area contributed by atoms with E-state index >= 15 is 0 Å². The molecule has 33 heavy (non-hydrogen) atoms. The highest BCUT2D eigenvalue weighted by molar-refractivity contribution is 8.01. The Balaban J connectivity index is 1.59. The fraction of sp³-hybridized carbons (Fsp3) is 0.231. The monoisotopic (exact) mass is 460 g/mol. The summed E-state index contributed by atoms with van der Waals surface area (Å²) < 4.78 is 10.7. The van der Waals surface area contributed by atoms with Gasteiger partial charge in [0.05, 0.1) is 26.5 Å². The summed E-state index contributed by atoms with van der Waals surface area (Å²) in [7, 11) is 3.20. The van der Waals surface area contributed by atoms with Crippen LogP contribution < -0.4 is 14.4 Å². The van der Waals surface area contributed by atoms with Crippen LogP contribution in [0.5, 0.6) is 11.5 Å². The number of thioether (sulfide) groups is 1. The highest BCUT2D eigenvalue weighted by atomic mass is 32.2. The Hall–Kier alpha value is -3.45. The summed E-state index contributed by atoms with van der Waals surface area (Å²) >= 11 is 1.51. The molecule has 0 N–H and O–H groups in total. The van der Waals surface area contributed by atoms with Crippen molar-refractivity contribution >= 4 is 29.3 Å². The Labute approximate surface area is 197 Å². The average molecular weight is 461 g/mol. The van der Waals surface area contributed by atoms with Crippen LogP contribution in [0.15, 0.2) is 72.8 Å². The second kappa shape index (κ2) is 8.48. The van der Waals surface area contributed by atoms with Crippen LogP contribution >= 0.6 is 11.8 Å². The number of rotatable bonds is 5. The van der Waals surface area contributed by atoms with Crippen LogP contribution in [0, 0.1) is 0 Å². The van der Waals surface area contributed by atoms with Crippen molar-refractivity contribution in [3.8, 4) is 11.5 Å². The lowest BCUT2D eigenvalue weighted by Crippen LogP contribution is -2.50. The SMILES string of the molecule is COc1ccc(C(=O)N2CCS[C@@]23C(=O)N(Cc2ccccc2)c2ccc(OC)cc23)cc1. The molecule has 1 atom stereocenters. The molecule has 0 bridgehead atoms. The number of benzene rings is 3. The van der Waals surface area contributed by atoms with Gasteiger partial charge in [-0.25, -0.2) is 0 Å². The maximum atomic E-state index is 14.1. The third kappa shape index (κ3) is 3.43. The molecule has 1 saturated heterocycles. The summed E-state index contributed by atoms with van der Waals surface area (Å²) in [6.07, 6.45) is 0. The highest BCUT2D eigenvalue weighted by Crippen LogP contribution is 2.55. The van der Waals surface area contributed by atoms with Gasteiger partial charge in [0.2, 0.25) is 0 Å². The van der Waals surface area contributed by atoms with Crippen molar-refractivity contribution in [1.29, 1.82) is 0 Å². The zero-order chi connectivity index (χ0) is 23.0. The third-order valence-electron chi connectivity index (χ3n) is 6.17. The molecular weight excluding hydrogens is 436 g/mol. The molecule has 2 heterocycles. The van der Waals surface area contributed by atoms with Crippen molar-refractivity contribution in [2.24, 2.45) is 0 Å². The molecule has 2 aliphatic rings. The molecule has 0 unspecified atom stereocenters. The standard InChI is InChI=1S/C26H24N2O4S/c1-31-20-10-8-19(9-11-20)24(29)28-14-15-33-26(28)22-16-21(32-2)12-13-23(22)27(25(26)30)17-18-6-4-3-5-7-18/h3-13,16H,14-15,17H2,1-2H3/t26-/m0/s1. The van der Waals surface area contributed by atoms with Gasteiger partial charge in [0.1, 0.15) is 11.5 Å². The number of methoxy groups -OCH3 is 2. The molecule has 1 spiro atoms. The Morgan fingerprint density at radius 3 is 2.36 bits per heavy atom. The molecule has 5 rings (SSSR count). The van der Waals surface area contributed by atoms with Crippen LogP contribution in [0.3, 0.4) is 0 Å². The number of hydrogen-bond donors (Lipinski definition) is 0. The smallest absolute Gasteiger partial charge is 0.268 e. The van der Waals surface area contributed by atoms with Gasteiger partial charge in [0, 0.05) is 23.4 Å². The van der Waals surface area contributed by atoms with Crippen LogP contribution in [0.25, 0.3) is 0 Å². The van der Waals surface area contributed by atoms with Crippen LogP contribution in [0.4, 0.5) is 5.69 Å². The normalized spacial score (nSPS) is 19.2. The fourth-order valence-electron chi connectivity index (χ4n) is 4.53. The molecule has 3 aromatic rings. The van der Waals surface area contributed by atoms with E-state index in [9.17, 15) is 9.59 Å². The topological polar surface area (TPSA) is 59.1 Å². The van der Waals surface area contributed by atoms with Gasteiger partial charge >= 0.3 is 0 Å². The largest absolute Gasteiger partial charge is 0.497 e. The molecule has 6 nitrogen and oxygen atoms in total. The molecule has 3 aromatic carbocycles. The Morgan fingerprint density at radius 2 is 1.67 bits per heavy atom. The second-order valence-electron chi connectivity index (χ2n) is 7.94. The van der Waals surface area contributed by atoms with Crippen molar-refractivity contribution in [2.45, 2.75) is 11.4 Å². The lowest BCUT2D eigenvalue weighted by molar-refractivity contribution is -0.123. The summed E-state index contributed by atoms with van der Waals surface area (Å²) in [5.74, 6) is 1.74. The van der Waals surface area contributed by atoms with Gasteiger partial charge in [0.15, 0.2) is 4.87 Å². The summed E-state index contributed by atoms with van der Waals surface area (Å²) in [4.78, 5) is 30.1. The number of ether oxygens (including phenoxy) is 2. The Morgan fingerprint density at radius 1 is 0.970 bits per heavy atom. The summed E-state index contributed by atoms with van der Waals surface area (Å²) in [6.45, 7) is 0.920. The summed E-state index contributed by atoms with van der Waals surface area (Å²) in [5, 5.41) is 0. The first-order valence-electron chi connectivity index (χ1n) is 10.7. The molecule has 2 aliphatic heterocycles. The minimum atomic E-state index is -1.12. The first-order chi connectivity index (χ1) is 16.1. The van der Waals surface area contributed by atoms with Crippen molar-refractivity contribution in [3.63, 3.8) is 0 Å². The Kier molecular flexibility index (Phi) is 5.50. The van der Waals surface area contributed by atoms with Crippen molar-refractivity contribution in [2.75, 3.05) is 31.4 Å². The zero-order valence-electron chi connectivity index (χ0n) is 18.5. The molecule has 0 aliphatic carbocycles. The van der Waals surface area contributed by atoms with Crippen LogP contribution in [0.1, 0.15) is 21.5 Å². The van der Waals surface area contributed by atoms with Crippen LogP contribution in [-0.4, -0.2) is 43.2 Å². The van der Waals surface area contributed by atoms with E-state index in [-0.39, 0.29) is 11.8 Å². The van der Waals surface area contributed by atoms with Crippen molar-refractivity contribution in [3.05, 3.63) is 89.5 Å². The minimum absolute atomic E-state index is 0.0982. The first kappa shape index (κ1) is 21.4. The molecule has 0 saturated carbocycles. The predicted molar refractivity (Wildman–Crippen MR) is 129 cm³/mol. The van der Waals surface area contributed by atoms with Crippen molar-refractivity contribution < 1.29 is 19.1 Å². The molecule has 168 valence electrons. The molecule has 7 heteroatoms. The van der Waals surface area contributed by atoms with Gasteiger partial charge in [0.25, 0.3) is 11.8 Å². The summed E-state index contributed by atoms with van der Waals surface area (Å²) in [6, 6.07) is 22.6. The number of hydrogen-bond acceptors (Lipinski definition) is 5. The van der Waals surface area contributed by atoms with Crippen LogP contribution in [0.2, 0.25) is 0 Å². The number of nitrogens with zero attached hydrogens (tertiary/aromatic N) is 2. The predicted octanol–water partition coefficient (Wildman–Crippen LogP) is 4.29. The lowest BCUT2D eigenvalue weighted by atomic mass is 10.0. The maximum absolute atomic E-state index is 14.1. The van der Waals surface area contributed by atoms with Gasteiger partial charge < -0.3 is 19.3 Å². The molecule has 0 aromatic heterocycles. The number of carbonyl (C=O) groups is 2. The van der Waals surface area contributed by atoms with Gasteiger partial charge in [-0.05, 0) is 48.0 Å².